The zero-order valence-corrected chi connectivity index (χ0v) is 18.4. The third kappa shape index (κ3) is 4.42. The molecule has 33 heavy (non-hydrogen) atoms. The molecule has 1 aliphatic carbocycles. The molecule has 3 aromatic rings. The smallest absolute Gasteiger partial charge is 0.862 e. The largest absolute Gasteiger partial charge is 1.00 e. The quantitative estimate of drug-likeness (QED) is 0.121. The van der Waals surface area contributed by atoms with Crippen LogP contribution in [0.4, 0.5) is 22.7 Å². The summed E-state index contributed by atoms with van der Waals surface area (Å²) in [6, 6.07) is 13.3. The van der Waals surface area contributed by atoms with Gasteiger partial charge in [-0.05, 0) is 43.2 Å². The maximum absolute atomic E-state index is 13.2. The van der Waals surface area contributed by atoms with Gasteiger partial charge in [-0.25, -0.2) is 0 Å². The number of benzene rings is 3. The first kappa shape index (κ1) is 24.2. The van der Waals surface area contributed by atoms with E-state index in [1.807, 2.05) is 0 Å². The van der Waals surface area contributed by atoms with Crippen LogP contribution in [0.3, 0.4) is 0 Å². The van der Waals surface area contributed by atoms with E-state index in [9.17, 15) is 27.7 Å². The Balaban J connectivity index is 0.00000306. The summed E-state index contributed by atoms with van der Waals surface area (Å²) >= 11 is 0. The first-order chi connectivity index (χ1) is 15.1. The molecule has 0 unspecified atom stereocenters. The van der Waals surface area contributed by atoms with Crippen molar-refractivity contribution in [3.8, 4) is 0 Å². The van der Waals surface area contributed by atoms with Crippen LogP contribution in [-0.2, 0) is 10.1 Å². The molecule has 0 saturated heterocycles. The van der Waals surface area contributed by atoms with Crippen LogP contribution < -0.4 is 35.0 Å². The van der Waals surface area contributed by atoms with Crippen LogP contribution in [0.2, 0.25) is 0 Å². The first-order valence-electron chi connectivity index (χ1n) is 9.29. The van der Waals surface area contributed by atoms with Crippen LogP contribution in [-0.4, -0.2) is 30.4 Å². The minimum Gasteiger partial charge on any atom is -0.862 e. The average Bonchev–Trinajstić information content (AvgIpc) is 2.73. The molecule has 1 aliphatic rings. The molecule has 0 amide bonds. The molecule has 0 aromatic heterocycles. The third-order valence-electron chi connectivity index (χ3n) is 4.91. The Labute approximate surface area is 201 Å². The maximum atomic E-state index is 13.2. The van der Waals surface area contributed by atoms with Gasteiger partial charge in [0, 0.05) is 16.8 Å². The number of carbonyl (C=O) groups excluding carboxylic acids is 2. The van der Waals surface area contributed by atoms with Crippen molar-refractivity contribution in [2.75, 3.05) is 11.1 Å². The maximum Gasteiger partial charge on any atom is 1.00 e. The normalized spacial score (nSPS) is 13.1. The molecule has 4 N–H and O–H groups in total. The van der Waals surface area contributed by atoms with E-state index in [-0.39, 0.29) is 52.7 Å². The van der Waals surface area contributed by atoms with Crippen molar-refractivity contribution < 1.29 is 46.5 Å². The van der Waals surface area contributed by atoms with E-state index in [1.54, 1.807) is 36.4 Å². The Bertz CT molecular complexity index is 1430. The molecule has 162 valence electrons. The van der Waals surface area contributed by atoms with Gasteiger partial charge in [0.05, 0.1) is 28.2 Å². The number of hydrogen-bond donors (Lipinski definition) is 3. The van der Waals surface area contributed by atoms with Crippen LogP contribution in [0, 0.1) is 0 Å². The number of fused-ring (bicyclic) bond motifs is 2. The predicted molar refractivity (Wildman–Crippen MR) is 116 cm³/mol. The molecule has 0 atom stereocenters. The monoisotopic (exact) mass is 457 g/mol. The second-order valence-electron chi connectivity index (χ2n) is 7.07. The SMILES string of the molecule is CC([O-])=Nc1ccc(Nc2cc(S(=O)(=O)O)c(N)c3c2C(=O)c2ccccc2C3=O)cc1.[Li+]. The summed E-state index contributed by atoms with van der Waals surface area (Å²) in [5.41, 5.74) is 6.09. The number of nitrogens with two attached hydrogens (primary N) is 1. The fraction of sp³-hybridized carbons (Fsp3) is 0.0455. The van der Waals surface area contributed by atoms with Crippen molar-refractivity contribution in [3.05, 3.63) is 76.9 Å². The summed E-state index contributed by atoms with van der Waals surface area (Å²) in [6.07, 6.45) is 0. The van der Waals surface area contributed by atoms with Gasteiger partial charge in [0.2, 0.25) is 0 Å². The molecule has 0 aliphatic heterocycles. The molecule has 0 heterocycles. The van der Waals surface area contributed by atoms with Crippen molar-refractivity contribution in [2.45, 2.75) is 11.8 Å². The molecule has 0 fully saturated rings. The first-order valence-corrected chi connectivity index (χ1v) is 10.7. The van der Waals surface area contributed by atoms with Gasteiger partial charge >= 0.3 is 18.9 Å². The van der Waals surface area contributed by atoms with Gasteiger partial charge in [-0.2, -0.15) is 8.42 Å². The van der Waals surface area contributed by atoms with Gasteiger partial charge in [0.1, 0.15) is 4.90 Å². The van der Waals surface area contributed by atoms with Crippen LogP contribution >= 0.6 is 0 Å². The van der Waals surface area contributed by atoms with Crippen molar-refractivity contribution >= 4 is 50.3 Å². The van der Waals surface area contributed by atoms with E-state index in [2.05, 4.69) is 10.3 Å². The number of nitrogen functional groups attached to an aromatic ring is 1. The molecule has 0 radical (unpaired) electrons. The van der Waals surface area contributed by atoms with E-state index < -0.39 is 32.3 Å². The molecule has 4 rings (SSSR count). The summed E-state index contributed by atoms with van der Waals surface area (Å²) in [7, 11) is -4.80. The Morgan fingerprint density at radius 1 is 1.00 bits per heavy atom. The Kier molecular flexibility index (Phi) is 6.49. The van der Waals surface area contributed by atoms with E-state index >= 15 is 0 Å². The molecule has 9 nitrogen and oxygen atoms in total. The molecule has 11 heteroatoms. The van der Waals surface area contributed by atoms with Crippen molar-refractivity contribution in [2.24, 2.45) is 4.99 Å². The van der Waals surface area contributed by atoms with Gasteiger partial charge in [0.15, 0.2) is 11.6 Å². The van der Waals surface area contributed by atoms with Crippen LogP contribution in [0.15, 0.2) is 64.5 Å². The average molecular weight is 457 g/mol. The number of nitrogens with one attached hydrogen (secondary N) is 1. The van der Waals surface area contributed by atoms with Gasteiger partial charge in [0.25, 0.3) is 10.1 Å². The zero-order valence-electron chi connectivity index (χ0n) is 17.6. The van der Waals surface area contributed by atoms with Gasteiger partial charge in [-0.3, -0.25) is 19.1 Å². The Morgan fingerprint density at radius 3 is 2.06 bits per heavy atom. The van der Waals surface area contributed by atoms with E-state index in [0.717, 1.165) is 6.07 Å². The summed E-state index contributed by atoms with van der Waals surface area (Å²) in [4.78, 5) is 29.5. The Morgan fingerprint density at radius 2 is 1.55 bits per heavy atom. The van der Waals surface area contributed by atoms with Gasteiger partial charge < -0.3 is 16.2 Å². The predicted octanol–water partition coefficient (Wildman–Crippen LogP) is -0.551. The molecule has 0 saturated carbocycles. The van der Waals surface area contributed by atoms with Crippen molar-refractivity contribution in [1.29, 1.82) is 0 Å². The number of aliphatic imine (C=N–C) groups is 1. The standard InChI is InChI=1S/C22H17N3O6S.Li/c1-11(26)24-12-6-8-13(9-7-12)25-16-10-17(32(29,30)31)20(23)19-18(16)21(27)14-4-2-3-5-15(14)22(19)28;/h2-10,25H,23H2,1H3,(H,24,26)(H,29,30,31);/q;+1/p-1. The Hall–Kier alpha value is -3.42. The molecule has 0 spiro atoms. The molecular weight excluding hydrogens is 441 g/mol. The second kappa shape index (κ2) is 8.84. The number of nitrogens with zero attached hydrogens (tertiary/aromatic N) is 1. The summed E-state index contributed by atoms with van der Waals surface area (Å²) < 4.78 is 33.5. The fourth-order valence-corrected chi connectivity index (χ4v) is 4.21. The summed E-state index contributed by atoms with van der Waals surface area (Å²) in [5, 5.41) is 14.0. The van der Waals surface area contributed by atoms with E-state index in [4.69, 9.17) is 5.73 Å². The fourth-order valence-electron chi connectivity index (χ4n) is 3.56. The third-order valence-corrected chi connectivity index (χ3v) is 5.80. The van der Waals surface area contributed by atoms with E-state index in [0.29, 0.717) is 11.4 Å². The summed E-state index contributed by atoms with van der Waals surface area (Å²) in [5.74, 6) is -1.52. The molecular formula is C22H16LiN3O6S. The van der Waals surface area contributed by atoms with Crippen LogP contribution in [0.5, 0.6) is 0 Å². The number of rotatable bonds is 4. The van der Waals surface area contributed by atoms with E-state index in [1.165, 1.54) is 19.1 Å². The topological polar surface area (TPSA) is 162 Å². The second-order valence-corrected chi connectivity index (χ2v) is 8.46. The minimum atomic E-state index is -4.80. The van der Waals surface area contributed by atoms with Crippen molar-refractivity contribution in [3.63, 3.8) is 0 Å². The number of anilines is 3. The zero-order chi connectivity index (χ0) is 23.2. The number of hydrogen-bond acceptors (Lipinski definition) is 8. The van der Waals surface area contributed by atoms with Crippen LogP contribution in [0.25, 0.3) is 0 Å². The number of carbonyl (C=O) groups is 2. The molecule has 0 bridgehead atoms. The number of ketones is 2. The van der Waals surface area contributed by atoms with Gasteiger partial charge in [-0.1, -0.05) is 24.3 Å². The molecule has 3 aromatic carbocycles. The van der Waals surface area contributed by atoms with Crippen LogP contribution in [0.1, 0.15) is 38.8 Å². The van der Waals surface area contributed by atoms with Gasteiger partial charge in [-0.15, -0.1) is 0 Å². The minimum absolute atomic E-state index is 0. The van der Waals surface area contributed by atoms with Crippen molar-refractivity contribution in [1.82, 2.24) is 0 Å². The summed E-state index contributed by atoms with van der Waals surface area (Å²) in [6.45, 7) is 1.31.